The Hall–Kier alpha value is -3.53. The molecule has 0 bridgehead atoms. The highest BCUT2D eigenvalue weighted by Gasteiger charge is 2.11. The molecule has 0 aliphatic carbocycles. The van der Waals surface area contributed by atoms with Crippen LogP contribution in [-0.4, -0.2) is 14.5 Å². The van der Waals surface area contributed by atoms with Crippen molar-refractivity contribution in [1.82, 2.24) is 14.5 Å². The van der Waals surface area contributed by atoms with Crippen LogP contribution >= 0.6 is 0 Å². The van der Waals surface area contributed by atoms with Crippen LogP contribution in [0.1, 0.15) is 23.9 Å². The fourth-order valence-electron chi connectivity index (χ4n) is 3.07. The Bertz CT molecular complexity index is 1180. The predicted molar refractivity (Wildman–Crippen MR) is 110 cm³/mol. The maximum atomic E-state index is 13.2. The summed E-state index contributed by atoms with van der Waals surface area (Å²) in [5.74, 6) is 0.593. The lowest BCUT2D eigenvalue weighted by Crippen LogP contribution is -2.22. The highest BCUT2D eigenvalue weighted by Crippen LogP contribution is 2.16. The monoisotopic (exact) mass is 353 g/mol. The van der Waals surface area contributed by atoms with Gasteiger partial charge in [-0.05, 0) is 60.0 Å². The van der Waals surface area contributed by atoms with E-state index in [-0.39, 0.29) is 5.56 Å². The summed E-state index contributed by atoms with van der Waals surface area (Å²) < 4.78 is 1.67. The molecular formula is C23H19N3O. The van der Waals surface area contributed by atoms with Crippen molar-refractivity contribution in [1.29, 1.82) is 0 Å². The standard InChI is InChI=1S/C23H19N3O/c1-2-17-7-5-9-19(15-17)26-22(13-12-18-8-6-14-24-16-18)25-21-11-4-3-10-20(21)23(26)27/h3-16H,2H2,1H3/b13-12+. The molecule has 0 saturated heterocycles. The lowest BCUT2D eigenvalue weighted by molar-refractivity contribution is 0.938. The molecular weight excluding hydrogens is 334 g/mol. The highest BCUT2D eigenvalue weighted by atomic mass is 16.1. The van der Waals surface area contributed by atoms with Gasteiger partial charge in [0.25, 0.3) is 5.56 Å². The number of para-hydroxylation sites is 1. The zero-order valence-electron chi connectivity index (χ0n) is 15.0. The summed E-state index contributed by atoms with van der Waals surface area (Å²) in [7, 11) is 0. The molecule has 132 valence electrons. The minimum Gasteiger partial charge on any atom is -0.268 e. The third-order valence-corrected chi connectivity index (χ3v) is 4.49. The molecule has 2 aromatic heterocycles. The van der Waals surface area contributed by atoms with E-state index in [0.29, 0.717) is 16.7 Å². The molecule has 4 nitrogen and oxygen atoms in total. The molecule has 0 aliphatic heterocycles. The lowest BCUT2D eigenvalue weighted by Gasteiger charge is -2.12. The van der Waals surface area contributed by atoms with Crippen LogP contribution in [0.15, 0.2) is 77.9 Å². The molecule has 2 aromatic carbocycles. The number of benzene rings is 2. The number of fused-ring (bicyclic) bond motifs is 1. The average Bonchev–Trinajstić information content (AvgIpc) is 2.73. The van der Waals surface area contributed by atoms with E-state index in [0.717, 1.165) is 17.7 Å². The fourth-order valence-corrected chi connectivity index (χ4v) is 3.07. The number of pyridine rings is 1. The topological polar surface area (TPSA) is 47.8 Å². The second-order valence-electron chi connectivity index (χ2n) is 6.27. The molecule has 0 N–H and O–H groups in total. The van der Waals surface area contributed by atoms with Crippen LogP contribution in [0.25, 0.3) is 28.7 Å². The van der Waals surface area contributed by atoms with Crippen molar-refractivity contribution >= 4 is 23.1 Å². The van der Waals surface area contributed by atoms with Gasteiger partial charge in [0, 0.05) is 12.4 Å². The van der Waals surface area contributed by atoms with Crippen molar-refractivity contribution in [3.05, 3.63) is 100 Å². The fraction of sp³-hybridized carbons (Fsp3) is 0.0870. The molecule has 0 unspecified atom stereocenters. The van der Waals surface area contributed by atoms with E-state index in [4.69, 9.17) is 4.98 Å². The molecule has 4 aromatic rings. The third-order valence-electron chi connectivity index (χ3n) is 4.49. The van der Waals surface area contributed by atoms with Crippen LogP contribution in [0.3, 0.4) is 0 Å². The number of hydrogen-bond acceptors (Lipinski definition) is 3. The molecule has 27 heavy (non-hydrogen) atoms. The third kappa shape index (κ3) is 3.42. The second kappa shape index (κ2) is 7.38. The van der Waals surface area contributed by atoms with Gasteiger partial charge >= 0.3 is 0 Å². The number of aromatic nitrogens is 3. The zero-order chi connectivity index (χ0) is 18.6. The zero-order valence-corrected chi connectivity index (χ0v) is 15.0. The first kappa shape index (κ1) is 16.9. The molecule has 0 amide bonds. The quantitative estimate of drug-likeness (QED) is 0.542. The van der Waals surface area contributed by atoms with Crippen molar-refractivity contribution in [2.75, 3.05) is 0 Å². The number of hydrogen-bond donors (Lipinski definition) is 0. The highest BCUT2D eigenvalue weighted by molar-refractivity contribution is 5.80. The van der Waals surface area contributed by atoms with Crippen LogP contribution in [0.5, 0.6) is 0 Å². The molecule has 0 spiro atoms. The predicted octanol–water partition coefficient (Wildman–Crippen LogP) is 4.51. The van der Waals surface area contributed by atoms with Crippen LogP contribution < -0.4 is 5.56 Å². The largest absolute Gasteiger partial charge is 0.268 e. The summed E-state index contributed by atoms with van der Waals surface area (Å²) in [6.07, 6.45) is 8.20. The smallest absolute Gasteiger partial charge is 0.266 e. The second-order valence-corrected chi connectivity index (χ2v) is 6.27. The molecule has 2 heterocycles. The maximum absolute atomic E-state index is 13.2. The number of rotatable bonds is 4. The minimum atomic E-state index is -0.0697. The van der Waals surface area contributed by atoms with Gasteiger partial charge in [-0.3, -0.25) is 14.3 Å². The summed E-state index contributed by atoms with van der Waals surface area (Å²) in [4.78, 5) is 22.1. The first-order chi connectivity index (χ1) is 13.3. The van der Waals surface area contributed by atoms with Crippen LogP contribution in [0.4, 0.5) is 0 Å². The summed E-state index contributed by atoms with van der Waals surface area (Å²) in [5, 5.41) is 0.609. The van der Waals surface area contributed by atoms with E-state index in [1.54, 1.807) is 17.0 Å². The summed E-state index contributed by atoms with van der Waals surface area (Å²) in [6, 6.07) is 19.3. The Morgan fingerprint density at radius 1 is 1.00 bits per heavy atom. The van der Waals surface area contributed by atoms with Gasteiger partial charge in [0.1, 0.15) is 5.82 Å². The van der Waals surface area contributed by atoms with E-state index in [9.17, 15) is 4.79 Å². The Labute approximate surface area is 157 Å². The van der Waals surface area contributed by atoms with Gasteiger partial charge in [-0.25, -0.2) is 4.98 Å². The Morgan fingerprint density at radius 2 is 1.89 bits per heavy atom. The van der Waals surface area contributed by atoms with Gasteiger partial charge in [0.05, 0.1) is 16.6 Å². The molecule has 4 rings (SSSR count). The van der Waals surface area contributed by atoms with Gasteiger partial charge < -0.3 is 0 Å². The summed E-state index contributed by atoms with van der Waals surface area (Å²) in [5.41, 5.74) is 3.57. The van der Waals surface area contributed by atoms with Crippen molar-refractivity contribution in [3.8, 4) is 5.69 Å². The SMILES string of the molecule is CCc1cccc(-n2c(/C=C/c3cccnc3)nc3ccccc3c2=O)c1. The van der Waals surface area contributed by atoms with E-state index in [1.807, 2.05) is 66.7 Å². The molecule has 0 saturated carbocycles. The Kier molecular flexibility index (Phi) is 4.62. The molecule has 4 heteroatoms. The lowest BCUT2D eigenvalue weighted by atomic mass is 10.1. The van der Waals surface area contributed by atoms with Gasteiger partial charge in [0.15, 0.2) is 0 Å². The normalized spacial score (nSPS) is 11.3. The number of aryl methyl sites for hydroxylation is 1. The van der Waals surface area contributed by atoms with Gasteiger partial charge in [-0.1, -0.05) is 37.3 Å². The average molecular weight is 353 g/mol. The van der Waals surface area contributed by atoms with Crippen LogP contribution in [0, 0.1) is 0 Å². The maximum Gasteiger partial charge on any atom is 0.266 e. The summed E-state index contributed by atoms with van der Waals surface area (Å²) >= 11 is 0. The number of nitrogens with zero attached hydrogens (tertiary/aromatic N) is 3. The van der Waals surface area contributed by atoms with Crippen molar-refractivity contribution in [2.45, 2.75) is 13.3 Å². The molecule has 0 aliphatic rings. The Morgan fingerprint density at radius 3 is 2.70 bits per heavy atom. The van der Waals surface area contributed by atoms with Gasteiger partial charge in [-0.2, -0.15) is 0 Å². The molecule has 0 fully saturated rings. The van der Waals surface area contributed by atoms with Crippen molar-refractivity contribution in [2.24, 2.45) is 0 Å². The van der Waals surface area contributed by atoms with Crippen molar-refractivity contribution in [3.63, 3.8) is 0 Å². The van der Waals surface area contributed by atoms with Crippen molar-refractivity contribution < 1.29 is 0 Å². The molecule has 0 atom stereocenters. The van der Waals surface area contributed by atoms with E-state index >= 15 is 0 Å². The van der Waals surface area contributed by atoms with Gasteiger partial charge in [-0.15, -0.1) is 0 Å². The van der Waals surface area contributed by atoms with Crippen LogP contribution in [-0.2, 0) is 6.42 Å². The first-order valence-corrected chi connectivity index (χ1v) is 8.95. The van der Waals surface area contributed by atoms with Gasteiger partial charge in [0.2, 0.25) is 0 Å². The van der Waals surface area contributed by atoms with E-state index in [2.05, 4.69) is 18.0 Å². The minimum absolute atomic E-state index is 0.0697. The van der Waals surface area contributed by atoms with E-state index in [1.165, 1.54) is 5.56 Å². The first-order valence-electron chi connectivity index (χ1n) is 8.95. The Balaban J connectivity index is 1.95. The summed E-state index contributed by atoms with van der Waals surface area (Å²) in [6.45, 7) is 2.10. The van der Waals surface area contributed by atoms with Crippen LogP contribution in [0.2, 0.25) is 0 Å². The van der Waals surface area contributed by atoms with E-state index < -0.39 is 0 Å². The molecule has 0 radical (unpaired) electrons.